The van der Waals surface area contributed by atoms with E-state index in [0.29, 0.717) is 18.2 Å². The smallest absolute Gasteiger partial charge is 0.120 e. The first kappa shape index (κ1) is 19.9. The lowest BCUT2D eigenvalue weighted by Crippen LogP contribution is -2.37. The molecule has 1 fully saturated rings. The molecule has 1 N–H and O–H groups in total. The Morgan fingerprint density at radius 3 is 3.10 bits per heavy atom. The standard InChI is InChI=1S/C21H26ClN5O2/c1-2-27-14-16(12-23-27)13-26-7-9-29-21(15-26)20-11-18(24-25-20)6-8-28-19-5-3-4-17(22)10-19/h3-5,10-12,14,21H,2,6-9,13,15H2,1H3,(H,24,25)/t21-/m1/s1. The van der Waals surface area contributed by atoms with Crippen LogP contribution < -0.4 is 4.74 Å². The van der Waals surface area contributed by atoms with E-state index in [9.17, 15) is 0 Å². The van der Waals surface area contributed by atoms with E-state index in [4.69, 9.17) is 21.1 Å². The monoisotopic (exact) mass is 415 g/mol. The minimum absolute atomic E-state index is 0.0242. The Morgan fingerprint density at radius 1 is 1.34 bits per heavy atom. The summed E-state index contributed by atoms with van der Waals surface area (Å²) in [6.45, 7) is 6.86. The van der Waals surface area contributed by atoms with Crippen LogP contribution in [0.15, 0.2) is 42.7 Å². The zero-order valence-corrected chi connectivity index (χ0v) is 17.3. The van der Waals surface area contributed by atoms with Crippen molar-refractivity contribution in [3.63, 3.8) is 0 Å². The topological polar surface area (TPSA) is 68.2 Å². The van der Waals surface area contributed by atoms with Gasteiger partial charge in [-0.1, -0.05) is 17.7 Å². The van der Waals surface area contributed by atoms with Crippen LogP contribution in [0.25, 0.3) is 0 Å². The van der Waals surface area contributed by atoms with Gasteiger partial charge >= 0.3 is 0 Å². The molecule has 1 aliphatic rings. The molecule has 0 bridgehead atoms. The number of benzene rings is 1. The highest BCUT2D eigenvalue weighted by molar-refractivity contribution is 6.30. The molecule has 1 aromatic carbocycles. The van der Waals surface area contributed by atoms with E-state index < -0.39 is 0 Å². The first-order valence-corrected chi connectivity index (χ1v) is 10.3. The molecule has 0 aliphatic carbocycles. The summed E-state index contributed by atoms with van der Waals surface area (Å²) in [6.07, 6.45) is 4.77. The fourth-order valence-electron chi connectivity index (χ4n) is 3.45. The van der Waals surface area contributed by atoms with Crippen molar-refractivity contribution in [3.05, 3.63) is 64.7 Å². The molecule has 0 radical (unpaired) electrons. The van der Waals surface area contributed by atoms with Crippen LogP contribution >= 0.6 is 11.6 Å². The number of aromatic amines is 1. The van der Waals surface area contributed by atoms with E-state index in [2.05, 4.69) is 39.4 Å². The van der Waals surface area contributed by atoms with Crippen LogP contribution in [-0.2, 0) is 24.2 Å². The van der Waals surface area contributed by atoms with Crippen molar-refractivity contribution in [3.8, 4) is 5.75 Å². The van der Waals surface area contributed by atoms with Crippen LogP contribution in [0.5, 0.6) is 5.75 Å². The number of H-pyrrole nitrogens is 1. The maximum Gasteiger partial charge on any atom is 0.120 e. The number of nitrogens with zero attached hydrogens (tertiary/aromatic N) is 4. The van der Waals surface area contributed by atoms with Gasteiger partial charge in [0, 0.05) is 55.1 Å². The molecule has 29 heavy (non-hydrogen) atoms. The maximum absolute atomic E-state index is 5.98. The highest BCUT2D eigenvalue weighted by atomic mass is 35.5. The molecule has 0 amide bonds. The molecule has 1 saturated heterocycles. The van der Waals surface area contributed by atoms with Gasteiger partial charge in [0.2, 0.25) is 0 Å². The Labute approximate surface area is 175 Å². The third-order valence-corrected chi connectivity index (χ3v) is 5.22. The molecule has 4 rings (SSSR count). The zero-order valence-electron chi connectivity index (χ0n) is 16.6. The quantitative estimate of drug-likeness (QED) is 0.610. The van der Waals surface area contributed by atoms with Gasteiger partial charge in [-0.25, -0.2) is 0 Å². The fourth-order valence-corrected chi connectivity index (χ4v) is 3.63. The molecule has 0 spiro atoms. The van der Waals surface area contributed by atoms with Crippen molar-refractivity contribution in [2.24, 2.45) is 0 Å². The first-order valence-electron chi connectivity index (χ1n) is 9.97. The summed E-state index contributed by atoms with van der Waals surface area (Å²) in [4.78, 5) is 2.39. The third-order valence-electron chi connectivity index (χ3n) is 4.98. The Hall–Kier alpha value is -2.35. The lowest BCUT2D eigenvalue weighted by Gasteiger charge is -2.31. The minimum atomic E-state index is -0.0242. The zero-order chi connectivity index (χ0) is 20.1. The van der Waals surface area contributed by atoms with Crippen molar-refractivity contribution < 1.29 is 9.47 Å². The Balaban J connectivity index is 1.28. The van der Waals surface area contributed by atoms with Crippen molar-refractivity contribution in [1.82, 2.24) is 24.9 Å². The first-order chi connectivity index (χ1) is 14.2. The molecule has 0 unspecified atom stereocenters. The summed E-state index contributed by atoms with van der Waals surface area (Å²) in [5.41, 5.74) is 3.21. The van der Waals surface area contributed by atoms with Gasteiger partial charge in [-0.05, 0) is 31.2 Å². The van der Waals surface area contributed by atoms with Gasteiger partial charge in [-0.15, -0.1) is 0 Å². The maximum atomic E-state index is 5.98. The van der Waals surface area contributed by atoms with Gasteiger partial charge in [-0.3, -0.25) is 14.7 Å². The third kappa shape index (κ3) is 5.38. The predicted octanol–water partition coefficient (Wildman–Crippen LogP) is 3.47. The van der Waals surface area contributed by atoms with Crippen LogP contribution in [0, 0.1) is 0 Å². The number of halogens is 1. The van der Waals surface area contributed by atoms with E-state index in [1.807, 2.05) is 35.1 Å². The van der Waals surface area contributed by atoms with Crippen LogP contribution in [0.1, 0.15) is 30.0 Å². The van der Waals surface area contributed by atoms with E-state index in [-0.39, 0.29) is 6.10 Å². The lowest BCUT2D eigenvalue weighted by molar-refractivity contribution is -0.0350. The molecule has 3 heterocycles. The number of hydrogen-bond donors (Lipinski definition) is 1. The van der Waals surface area contributed by atoms with Crippen LogP contribution in [0.3, 0.4) is 0 Å². The molecule has 1 atom stereocenters. The second-order valence-electron chi connectivity index (χ2n) is 7.17. The second-order valence-corrected chi connectivity index (χ2v) is 7.61. The number of nitrogens with one attached hydrogen (secondary N) is 1. The van der Waals surface area contributed by atoms with Crippen LogP contribution in [-0.4, -0.2) is 51.2 Å². The largest absolute Gasteiger partial charge is 0.493 e. The number of hydrogen-bond acceptors (Lipinski definition) is 5. The molecule has 7 nitrogen and oxygen atoms in total. The summed E-state index contributed by atoms with van der Waals surface area (Å²) in [6, 6.07) is 9.50. The number of morpholine rings is 1. The van der Waals surface area contributed by atoms with E-state index in [0.717, 1.165) is 49.7 Å². The average molecular weight is 416 g/mol. The van der Waals surface area contributed by atoms with Crippen LogP contribution in [0.2, 0.25) is 5.02 Å². The normalized spacial score (nSPS) is 17.5. The molecule has 3 aromatic rings. The van der Waals surface area contributed by atoms with Gasteiger partial charge in [0.15, 0.2) is 0 Å². The van der Waals surface area contributed by atoms with Crippen molar-refractivity contribution in [2.75, 3.05) is 26.3 Å². The van der Waals surface area contributed by atoms with E-state index in [1.54, 1.807) is 0 Å². The summed E-state index contributed by atoms with van der Waals surface area (Å²) in [7, 11) is 0. The summed E-state index contributed by atoms with van der Waals surface area (Å²) in [5, 5.41) is 12.6. The summed E-state index contributed by atoms with van der Waals surface area (Å²) >= 11 is 5.98. The van der Waals surface area contributed by atoms with E-state index >= 15 is 0 Å². The van der Waals surface area contributed by atoms with Gasteiger partial charge in [0.05, 0.1) is 25.1 Å². The second kappa shape index (κ2) is 9.43. The molecular formula is C21H26ClN5O2. The number of ether oxygens (including phenoxy) is 2. The Kier molecular flexibility index (Phi) is 6.49. The van der Waals surface area contributed by atoms with Gasteiger partial charge in [0.25, 0.3) is 0 Å². The molecule has 2 aromatic heterocycles. The van der Waals surface area contributed by atoms with Crippen molar-refractivity contribution in [2.45, 2.75) is 32.5 Å². The van der Waals surface area contributed by atoms with Gasteiger partial charge in [0.1, 0.15) is 11.9 Å². The SMILES string of the molecule is CCn1cc(CN2CCO[C@@H](c3cc(CCOc4cccc(Cl)c4)[nH]n3)C2)cn1. The average Bonchev–Trinajstić information content (AvgIpc) is 3.38. The van der Waals surface area contributed by atoms with E-state index in [1.165, 1.54) is 5.56 Å². The number of aromatic nitrogens is 4. The predicted molar refractivity (Wildman–Crippen MR) is 111 cm³/mol. The Morgan fingerprint density at radius 2 is 2.28 bits per heavy atom. The van der Waals surface area contributed by atoms with Gasteiger partial charge in [-0.2, -0.15) is 10.2 Å². The van der Waals surface area contributed by atoms with Crippen molar-refractivity contribution >= 4 is 11.6 Å². The molecule has 154 valence electrons. The number of aryl methyl sites for hydroxylation is 1. The highest BCUT2D eigenvalue weighted by Crippen LogP contribution is 2.23. The minimum Gasteiger partial charge on any atom is -0.493 e. The summed E-state index contributed by atoms with van der Waals surface area (Å²) < 4.78 is 13.7. The molecule has 1 aliphatic heterocycles. The molecular weight excluding hydrogens is 390 g/mol. The fraction of sp³-hybridized carbons (Fsp3) is 0.429. The number of rotatable bonds is 8. The van der Waals surface area contributed by atoms with Gasteiger partial charge < -0.3 is 9.47 Å². The molecule has 8 heteroatoms. The lowest BCUT2D eigenvalue weighted by atomic mass is 10.1. The highest BCUT2D eigenvalue weighted by Gasteiger charge is 2.24. The summed E-state index contributed by atoms with van der Waals surface area (Å²) in [5.74, 6) is 0.773. The van der Waals surface area contributed by atoms with Crippen LogP contribution in [0.4, 0.5) is 0 Å². The van der Waals surface area contributed by atoms with Crippen molar-refractivity contribution in [1.29, 1.82) is 0 Å². The molecule has 0 saturated carbocycles. The Bertz CT molecular complexity index is 925.